The van der Waals surface area contributed by atoms with Gasteiger partial charge >= 0.3 is 0 Å². The third-order valence-corrected chi connectivity index (χ3v) is 4.45. The first-order chi connectivity index (χ1) is 11.7. The van der Waals surface area contributed by atoms with Gasteiger partial charge in [-0.1, -0.05) is 42.5 Å². The van der Waals surface area contributed by atoms with Gasteiger partial charge in [-0.3, -0.25) is 4.79 Å². The summed E-state index contributed by atoms with van der Waals surface area (Å²) in [5, 5.41) is 14.6. The van der Waals surface area contributed by atoms with Crippen LogP contribution >= 0.6 is 0 Å². The third-order valence-electron chi connectivity index (χ3n) is 4.45. The van der Waals surface area contributed by atoms with Gasteiger partial charge in [0.1, 0.15) is 0 Å². The lowest BCUT2D eigenvalue weighted by Gasteiger charge is -2.19. The van der Waals surface area contributed by atoms with Crippen molar-refractivity contribution in [3.05, 3.63) is 70.6 Å². The van der Waals surface area contributed by atoms with Crippen molar-refractivity contribution in [1.82, 2.24) is 0 Å². The Bertz CT molecular complexity index is 982. The highest BCUT2D eigenvalue weighted by molar-refractivity contribution is 6.13. The molecule has 1 heterocycles. The first-order valence-corrected chi connectivity index (χ1v) is 7.68. The van der Waals surface area contributed by atoms with Gasteiger partial charge in [-0.2, -0.15) is 0 Å². The number of nitrogens with zero attached hydrogens (tertiary/aromatic N) is 2. The number of hydrogen-bond acceptors (Lipinski definition) is 4. The summed E-state index contributed by atoms with van der Waals surface area (Å²) in [5.74, 6) is -0.689. The van der Waals surface area contributed by atoms with Crippen LogP contribution in [0.1, 0.15) is 15.9 Å². The van der Waals surface area contributed by atoms with Gasteiger partial charge in [-0.25, -0.2) is 0 Å². The van der Waals surface area contributed by atoms with Gasteiger partial charge in [0.25, 0.3) is 5.91 Å². The predicted octanol–water partition coefficient (Wildman–Crippen LogP) is 4.15. The number of carbonyl (C=O) groups is 1. The standard InChI is InChI=1S/C19H14N2O3/c22-18-15(11-13-6-1-3-7-14(13)17(18)20-24)19(23)21-10-9-12-5-2-4-8-16(12)21/h1-8,11,22H,9-10H2. The smallest absolute Gasteiger partial charge is 0.262 e. The van der Waals surface area contributed by atoms with Crippen molar-refractivity contribution in [1.29, 1.82) is 0 Å². The molecule has 0 fully saturated rings. The molecule has 0 spiro atoms. The average molecular weight is 318 g/mol. The van der Waals surface area contributed by atoms with Gasteiger partial charge in [-0.15, -0.1) is 4.91 Å². The average Bonchev–Trinajstić information content (AvgIpc) is 3.05. The van der Waals surface area contributed by atoms with Gasteiger partial charge in [0.05, 0.1) is 5.56 Å². The topological polar surface area (TPSA) is 70.0 Å². The zero-order valence-electron chi connectivity index (χ0n) is 12.8. The molecule has 0 radical (unpaired) electrons. The van der Waals surface area contributed by atoms with E-state index in [1.165, 1.54) is 0 Å². The van der Waals surface area contributed by atoms with Gasteiger partial charge in [0.2, 0.25) is 0 Å². The second kappa shape index (κ2) is 5.45. The Hall–Kier alpha value is -3.21. The fraction of sp³-hybridized carbons (Fsp3) is 0.105. The Balaban J connectivity index is 1.87. The Kier molecular flexibility index (Phi) is 3.27. The second-order valence-electron chi connectivity index (χ2n) is 5.77. The fourth-order valence-corrected chi connectivity index (χ4v) is 3.27. The maximum absolute atomic E-state index is 13.0. The highest BCUT2D eigenvalue weighted by Gasteiger charge is 2.28. The summed E-state index contributed by atoms with van der Waals surface area (Å²) in [7, 11) is 0. The summed E-state index contributed by atoms with van der Waals surface area (Å²) < 4.78 is 0. The number of fused-ring (bicyclic) bond motifs is 2. The second-order valence-corrected chi connectivity index (χ2v) is 5.77. The zero-order valence-corrected chi connectivity index (χ0v) is 12.8. The van der Waals surface area contributed by atoms with E-state index in [9.17, 15) is 14.8 Å². The lowest BCUT2D eigenvalue weighted by molar-refractivity contribution is 0.0987. The molecular weight excluding hydrogens is 304 g/mol. The maximum atomic E-state index is 13.0. The number of phenolic OH excluding ortho intramolecular Hbond substituents is 1. The molecule has 4 rings (SSSR count). The third kappa shape index (κ3) is 2.06. The molecule has 1 aliphatic rings. The number of nitroso groups, excluding NO2 is 1. The van der Waals surface area contributed by atoms with Crippen LogP contribution in [-0.2, 0) is 6.42 Å². The van der Waals surface area contributed by atoms with Crippen LogP contribution in [0.5, 0.6) is 5.75 Å². The van der Waals surface area contributed by atoms with Crippen LogP contribution in [0.2, 0.25) is 0 Å². The van der Waals surface area contributed by atoms with E-state index < -0.39 is 0 Å². The molecule has 0 saturated heterocycles. The molecule has 0 atom stereocenters. The Morgan fingerprint density at radius 3 is 2.67 bits per heavy atom. The first kappa shape index (κ1) is 14.4. The van der Waals surface area contributed by atoms with Crippen molar-refractivity contribution in [3.63, 3.8) is 0 Å². The van der Waals surface area contributed by atoms with E-state index in [4.69, 9.17) is 0 Å². The lowest BCUT2D eigenvalue weighted by Crippen LogP contribution is -2.28. The predicted molar refractivity (Wildman–Crippen MR) is 92.9 cm³/mol. The number of amides is 1. The van der Waals surface area contributed by atoms with Crippen LogP contribution < -0.4 is 4.90 Å². The highest BCUT2D eigenvalue weighted by Crippen LogP contribution is 2.40. The van der Waals surface area contributed by atoms with Crippen molar-refractivity contribution in [2.45, 2.75) is 6.42 Å². The minimum atomic E-state index is -0.363. The first-order valence-electron chi connectivity index (χ1n) is 7.68. The number of carbonyl (C=O) groups excluding carboxylic acids is 1. The number of anilines is 1. The molecule has 5 heteroatoms. The van der Waals surface area contributed by atoms with E-state index in [1.807, 2.05) is 30.3 Å². The van der Waals surface area contributed by atoms with Crippen LogP contribution in [0, 0.1) is 4.91 Å². The van der Waals surface area contributed by atoms with E-state index >= 15 is 0 Å². The van der Waals surface area contributed by atoms with E-state index in [0.717, 1.165) is 17.7 Å². The zero-order chi connectivity index (χ0) is 16.7. The largest absolute Gasteiger partial charge is 0.505 e. The molecule has 1 amide bonds. The van der Waals surface area contributed by atoms with E-state index in [2.05, 4.69) is 5.18 Å². The molecule has 3 aromatic rings. The van der Waals surface area contributed by atoms with E-state index in [1.54, 1.807) is 29.2 Å². The normalized spacial score (nSPS) is 13.1. The summed E-state index contributed by atoms with van der Waals surface area (Å²) in [5.41, 5.74) is 1.94. The SMILES string of the molecule is O=Nc1c(O)c(C(=O)N2CCc3ccccc32)cc2ccccc12. The number of hydrogen-bond donors (Lipinski definition) is 1. The van der Waals surface area contributed by atoms with Crippen molar-refractivity contribution in [3.8, 4) is 5.75 Å². The molecule has 0 unspecified atom stereocenters. The number of aromatic hydroxyl groups is 1. The molecule has 0 saturated carbocycles. The number of para-hydroxylation sites is 1. The summed E-state index contributed by atoms with van der Waals surface area (Å²) in [6.45, 7) is 0.550. The van der Waals surface area contributed by atoms with Gasteiger partial charge in [-0.05, 0) is 34.7 Å². The van der Waals surface area contributed by atoms with Crippen molar-refractivity contribution in [2.24, 2.45) is 5.18 Å². The molecule has 5 nitrogen and oxygen atoms in total. The van der Waals surface area contributed by atoms with Crippen molar-refractivity contribution in [2.75, 3.05) is 11.4 Å². The summed E-state index contributed by atoms with van der Waals surface area (Å²) >= 11 is 0. The molecule has 1 aliphatic heterocycles. The molecule has 0 aliphatic carbocycles. The van der Waals surface area contributed by atoms with Crippen LogP contribution in [0.4, 0.5) is 11.4 Å². The monoisotopic (exact) mass is 318 g/mol. The Morgan fingerprint density at radius 2 is 1.83 bits per heavy atom. The van der Waals surface area contributed by atoms with Crippen LogP contribution in [-0.4, -0.2) is 17.6 Å². The van der Waals surface area contributed by atoms with Gasteiger partial charge in [0.15, 0.2) is 11.4 Å². The van der Waals surface area contributed by atoms with Crippen LogP contribution in [0.3, 0.4) is 0 Å². The van der Waals surface area contributed by atoms with E-state index in [-0.39, 0.29) is 22.9 Å². The Labute approximate surface area is 138 Å². The quantitative estimate of drug-likeness (QED) is 0.722. The lowest BCUT2D eigenvalue weighted by atomic mass is 10.0. The van der Waals surface area contributed by atoms with Gasteiger partial charge in [0, 0.05) is 17.6 Å². The number of phenols is 1. The van der Waals surface area contributed by atoms with Crippen LogP contribution in [0.25, 0.3) is 10.8 Å². The fourth-order valence-electron chi connectivity index (χ4n) is 3.27. The number of benzene rings is 3. The Morgan fingerprint density at radius 1 is 1.08 bits per heavy atom. The minimum absolute atomic E-state index is 0.0936. The number of rotatable bonds is 2. The molecule has 1 N–H and O–H groups in total. The molecular formula is C19H14N2O3. The summed E-state index contributed by atoms with van der Waals surface area (Å²) in [4.78, 5) is 25.8. The highest BCUT2D eigenvalue weighted by atomic mass is 16.3. The van der Waals surface area contributed by atoms with Crippen molar-refractivity contribution >= 4 is 28.1 Å². The summed E-state index contributed by atoms with van der Waals surface area (Å²) in [6, 6.07) is 16.4. The van der Waals surface area contributed by atoms with Crippen LogP contribution in [0.15, 0.2) is 59.8 Å². The molecule has 118 valence electrons. The molecule has 3 aromatic carbocycles. The van der Waals surface area contributed by atoms with E-state index in [0.29, 0.717) is 17.3 Å². The molecule has 0 aromatic heterocycles. The van der Waals surface area contributed by atoms with Gasteiger partial charge < -0.3 is 10.0 Å². The summed E-state index contributed by atoms with van der Waals surface area (Å²) in [6.07, 6.45) is 0.773. The minimum Gasteiger partial charge on any atom is -0.505 e. The van der Waals surface area contributed by atoms with Crippen molar-refractivity contribution < 1.29 is 9.90 Å². The molecule has 24 heavy (non-hydrogen) atoms. The molecule has 0 bridgehead atoms. The maximum Gasteiger partial charge on any atom is 0.262 e.